The molecule has 0 amide bonds. The van der Waals surface area contributed by atoms with E-state index in [-0.39, 0.29) is 6.04 Å². The van der Waals surface area contributed by atoms with Crippen molar-refractivity contribution >= 4 is 34.6 Å². The minimum atomic E-state index is -2.70. The highest BCUT2D eigenvalue weighted by Crippen LogP contribution is 2.44. The summed E-state index contributed by atoms with van der Waals surface area (Å²) in [5.74, 6) is 0.347. The summed E-state index contributed by atoms with van der Waals surface area (Å²) in [5.41, 5.74) is 8.28. The SMILES string of the molecule is Cc1nnn(C)c1-c1cnc2c3c(c(P(C)(C)=O)nn3C)n(C(c3ccccc3)C3CCOCC3)c2c1. The molecule has 0 spiro atoms. The molecule has 1 unspecified atom stereocenters. The van der Waals surface area contributed by atoms with Gasteiger partial charge in [0.2, 0.25) is 0 Å². The quantitative estimate of drug-likeness (QED) is 0.323. The number of hydrogen-bond donors (Lipinski definition) is 0. The Labute approximate surface area is 215 Å². The molecule has 0 saturated carbocycles. The van der Waals surface area contributed by atoms with Crippen LogP contribution < -0.4 is 5.44 Å². The number of ether oxygens (including phenoxy) is 1. The Morgan fingerprint density at radius 3 is 2.43 bits per heavy atom. The maximum absolute atomic E-state index is 13.6. The van der Waals surface area contributed by atoms with Crippen LogP contribution in [0, 0.1) is 12.8 Å². The molecule has 0 aliphatic carbocycles. The van der Waals surface area contributed by atoms with Crippen molar-refractivity contribution in [2.75, 3.05) is 26.5 Å². The zero-order chi connectivity index (χ0) is 25.9. The van der Waals surface area contributed by atoms with Gasteiger partial charge in [0.15, 0.2) is 0 Å². The van der Waals surface area contributed by atoms with Crippen LogP contribution in [0.2, 0.25) is 0 Å². The predicted octanol–water partition coefficient (Wildman–Crippen LogP) is 4.29. The molecule has 5 aromatic rings. The Bertz CT molecular complexity index is 1640. The van der Waals surface area contributed by atoms with Gasteiger partial charge in [-0.1, -0.05) is 35.5 Å². The van der Waals surface area contributed by atoms with Crippen LogP contribution in [0.3, 0.4) is 0 Å². The van der Waals surface area contributed by atoms with Crippen LogP contribution in [0.25, 0.3) is 33.3 Å². The summed E-state index contributed by atoms with van der Waals surface area (Å²) in [7, 11) is 1.12. The molecule has 1 saturated heterocycles. The zero-order valence-electron chi connectivity index (χ0n) is 21.9. The van der Waals surface area contributed by atoms with E-state index >= 15 is 0 Å². The van der Waals surface area contributed by atoms with Gasteiger partial charge in [-0.25, -0.2) is 4.68 Å². The molecule has 37 heavy (non-hydrogen) atoms. The molecule has 9 nitrogen and oxygen atoms in total. The van der Waals surface area contributed by atoms with Crippen molar-refractivity contribution in [1.82, 2.24) is 34.3 Å². The second kappa shape index (κ2) is 8.92. The molecule has 1 aromatic carbocycles. The van der Waals surface area contributed by atoms with Crippen LogP contribution in [-0.2, 0) is 23.4 Å². The number of pyridine rings is 1. The monoisotopic (exact) mass is 517 g/mol. The molecule has 0 N–H and O–H groups in total. The molecule has 10 heteroatoms. The Balaban J connectivity index is 1.74. The maximum atomic E-state index is 13.6. The van der Waals surface area contributed by atoms with E-state index in [0.717, 1.165) is 65.1 Å². The third kappa shape index (κ3) is 3.92. The average Bonchev–Trinajstić information content (AvgIpc) is 3.52. The summed E-state index contributed by atoms with van der Waals surface area (Å²) in [6, 6.07) is 12.8. The number of aryl methyl sites for hydroxylation is 3. The van der Waals surface area contributed by atoms with Crippen LogP contribution in [0.1, 0.15) is 30.1 Å². The number of fused-ring (bicyclic) bond motifs is 3. The molecular formula is C27H32N7O2P. The molecule has 4 aromatic heterocycles. The lowest BCUT2D eigenvalue weighted by Gasteiger charge is -2.33. The molecule has 1 atom stereocenters. The highest BCUT2D eigenvalue weighted by Gasteiger charge is 2.34. The van der Waals surface area contributed by atoms with E-state index in [2.05, 4.69) is 45.2 Å². The van der Waals surface area contributed by atoms with E-state index < -0.39 is 7.14 Å². The lowest BCUT2D eigenvalue weighted by molar-refractivity contribution is 0.0553. The molecule has 0 radical (unpaired) electrons. The van der Waals surface area contributed by atoms with Gasteiger partial charge in [0.05, 0.1) is 22.9 Å². The van der Waals surface area contributed by atoms with E-state index in [1.54, 1.807) is 18.0 Å². The fourth-order valence-corrected chi connectivity index (χ4v) is 6.95. The smallest absolute Gasteiger partial charge is 0.146 e. The van der Waals surface area contributed by atoms with E-state index in [0.29, 0.717) is 11.4 Å². The predicted molar refractivity (Wildman–Crippen MR) is 146 cm³/mol. The molecule has 1 aliphatic heterocycles. The minimum absolute atomic E-state index is 0.0161. The van der Waals surface area contributed by atoms with Crippen LogP contribution in [-0.4, -0.2) is 60.9 Å². The summed E-state index contributed by atoms with van der Waals surface area (Å²) >= 11 is 0. The molecule has 192 valence electrons. The Kier molecular flexibility index (Phi) is 5.81. The van der Waals surface area contributed by atoms with Crippen molar-refractivity contribution in [3.8, 4) is 11.3 Å². The third-order valence-corrected chi connectivity index (χ3v) is 8.83. The fraction of sp³-hybridized carbons (Fsp3) is 0.407. The van der Waals surface area contributed by atoms with Gasteiger partial charge in [0.1, 0.15) is 29.1 Å². The highest BCUT2D eigenvalue weighted by atomic mass is 31.2. The van der Waals surface area contributed by atoms with Gasteiger partial charge in [-0.05, 0) is 50.6 Å². The van der Waals surface area contributed by atoms with Crippen LogP contribution in [0.4, 0.5) is 0 Å². The fourth-order valence-electron chi connectivity index (χ4n) is 5.88. The summed E-state index contributed by atoms with van der Waals surface area (Å²) in [4.78, 5) is 4.98. The number of nitrogens with zero attached hydrogens (tertiary/aromatic N) is 7. The average molecular weight is 518 g/mol. The summed E-state index contributed by atoms with van der Waals surface area (Å²) in [5, 5.41) is 13.3. The first-order valence-corrected chi connectivity index (χ1v) is 15.3. The van der Waals surface area contributed by atoms with E-state index in [1.807, 2.05) is 38.0 Å². The largest absolute Gasteiger partial charge is 0.381 e. The zero-order valence-corrected chi connectivity index (χ0v) is 22.8. The first-order valence-electron chi connectivity index (χ1n) is 12.7. The normalized spacial score (nSPS) is 16.1. The third-order valence-electron chi connectivity index (χ3n) is 7.51. The summed E-state index contributed by atoms with van der Waals surface area (Å²) < 4.78 is 25.4. The van der Waals surface area contributed by atoms with Gasteiger partial charge in [-0.2, -0.15) is 5.10 Å². The molecule has 1 aliphatic rings. The van der Waals surface area contributed by atoms with Crippen molar-refractivity contribution < 1.29 is 9.30 Å². The molecule has 6 rings (SSSR count). The Hall–Kier alpha value is -3.29. The van der Waals surface area contributed by atoms with Crippen molar-refractivity contribution in [1.29, 1.82) is 0 Å². The van der Waals surface area contributed by atoms with Gasteiger partial charge in [0, 0.05) is 39.1 Å². The van der Waals surface area contributed by atoms with Gasteiger partial charge in [-0.3, -0.25) is 9.67 Å². The molecular weight excluding hydrogens is 485 g/mol. The van der Waals surface area contributed by atoms with Crippen molar-refractivity contribution in [2.24, 2.45) is 20.0 Å². The number of hydrogen-bond acceptors (Lipinski definition) is 6. The molecule has 5 heterocycles. The van der Waals surface area contributed by atoms with Crippen molar-refractivity contribution in [2.45, 2.75) is 25.8 Å². The Morgan fingerprint density at radius 1 is 1.05 bits per heavy atom. The lowest BCUT2D eigenvalue weighted by Crippen LogP contribution is -2.28. The lowest BCUT2D eigenvalue weighted by atomic mass is 9.86. The number of aromatic nitrogens is 7. The van der Waals surface area contributed by atoms with Gasteiger partial charge in [-0.15, -0.1) is 5.10 Å². The first-order chi connectivity index (χ1) is 17.8. The topological polar surface area (TPSA) is 92.7 Å². The van der Waals surface area contributed by atoms with Crippen LogP contribution in [0.15, 0.2) is 42.6 Å². The highest BCUT2D eigenvalue weighted by molar-refractivity contribution is 7.70. The van der Waals surface area contributed by atoms with E-state index in [9.17, 15) is 4.57 Å². The van der Waals surface area contributed by atoms with Crippen molar-refractivity contribution in [3.63, 3.8) is 0 Å². The number of rotatable bonds is 5. The van der Waals surface area contributed by atoms with Gasteiger partial charge >= 0.3 is 0 Å². The van der Waals surface area contributed by atoms with E-state index in [4.69, 9.17) is 14.8 Å². The second-order valence-corrected chi connectivity index (χ2v) is 13.5. The second-order valence-electron chi connectivity index (χ2n) is 10.4. The number of benzene rings is 1. The van der Waals surface area contributed by atoms with Crippen LogP contribution >= 0.6 is 7.14 Å². The first kappa shape index (κ1) is 24.1. The van der Waals surface area contributed by atoms with Crippen molar-refractivity contribution in [3.05, 3.63) is 53.9 Å². The minimum Gasteiger partial charge on any atom is -0.381 e. The van der Waals surface area contributed by atoms with E-state index in [1.165, 1.54) is 5.56 Å². The van der Waals surface area contributed by atoms with Gasteiger partial charge in [0.25, 0.3) is 0 Å². The standard InChI is InChI=1S/C27H32N7O2P/c1-17-23(33(3)31-29-17)20-15-21-22(28-16-20)25-26(27(30-32(25)2)37(4,5)35)34(21)24(18-9-7-6-8-10-18)19-11-13-36-14-12-19/h6-10,15-16,19,24H,11-14H2,1-5H3. The van der Waals surface area contributed by atoms with Gasteiger partial charge < -0.3 is 13.9 Å². The maximum Gasteiger partial charge on any atom is 0.146 e. The summed E-state index contributed by atoms with van der Waals surface area (Å²) in [6.45, 7) is 7.03. The van der Waals surface area contributed by atoms with Crippen LogP contribution in [0.5, 0.6) is 0 Å². The molecule has 0 bridgehead atoms. The molecule has 1 fully saturated rings. The summed E-state index contributed by atoms with van der Waals surface area (Å²) in [6.07, 6.45) is 3.78. The Morgan fingerprint density at radius 2 is 1.78 bits per heavy atom.